The van der Waals surface area contributed by atoms with Gasteiger partial charge in [-0.05, 0) is 0 Å². The molecule has 2 heterocycles. The number of thiophene rings is 1. The van der Waals surface area contributed by atoms with Crippen molar-refractivity contribution in [1.82, 2.24) is 0 Å². The molecule has 1 fully saturated rings. The van der Waals surface area contributed by atoms with Gasteiger partial charge in [-0.2, -0.15) is 0 Å². The van der Waals surface area contributed by atoms with Crippen LogP contribution in [-0.4, -0.2) is 43.5 Å². The Morgan fingerprint density at radius 2 is 1.70 bits per heavy atom. The molecule has 0 atom stereocenters. The quantitative estimate of drug-likeness (QED) is 0.498. The van der Waals surface area contributed by atoms with E-state index in [1.54, 1.807) is 4.78 Å². The molecule has 0 spiro atoms. The summed E-state index contributed by atoms with van der Waals surface area (Å²) >= 11 is -1.97. The van der Waals surface area contributed by atoms with Gasteiger partial charge in [0.15, 0.2) is 0 Å². The second-order valence-electron chi connectivity index (χ2n) is 8.21. The van der Waals surface area contributed by atoms with E-state index in [-0.39, 0.29) is 0 Å². The minimum atomic E-state index is -1.98. The van der Waals surface area contributed by atoms with E-state index in [0.29, 0.717) is 0 Å². The molecule has 2 rings (SSSR count). The SMILES string of the molecule is [CH3][Sn]([CH3])([CH3])[C](=C1CCCCB1c1cccs1)[Sn]([CH3])([CH3])[CH3]. The molecule has 0 aromatic carbocycles. The molecular formula is C16H29BSSn2. The molecule has 1 aliphatic heterocycles. The van der Waals surface area contributed by atoms with Crippen molar-refractivity contribution in [2.24, 2.45) is 0 Å². The third kappa shape index (κ3) is 4.09. The molecular weight excluding hydrogens is 472 g/mol. The van der Waals surface area contributed by atoms with Crippen molar-refractivity contribution < 1.29 is 0 Å². The summed E-state index contributed by atoms with van der Waals surface area (Å²) in [4.78, 5) is 15.9. The standard InChI is InChI=1S/C10H11BS.6CH3.2Sn/c1-9-5-2-3-7-11(9)10-6-4-8-12-10;;;;;;;;/h4,6,8H,2-3,5,7H2;6*1H3;;. The van der Waals surface area contributed by atoms with Crippen LogP contribution in [0.15, 0.2) is 24.6 Å². The number of rotatable bonds is 3. The monoisotopic (exact) mass is 504 g/mol. The minimum absolute atomic E-state index is 0.783. The van der Waals surface area contributed by atoms with Gasteiger partial charge in [0.05, 0.1) is 0 Å². The van der Waals surface area contributed by atoms with Crippen molar-refractivity contribution in [3.8, 4) is 0 Å². The van der Waals surface area contributed by atoms with Gasteiger partial charge in [-0.1, -0.05) is 0 Å². The van der Waals surface area contributed by atoms with Crippen LogP contribution in [0.3, 0.4) is 0 Å². The zero-order valence-electron chi connectivity index (χ0n) is 14.0. The average molecular weight is 502 g/mol. The second kappa shape index (κ2) is 6.69. The molecule has 0 bridgehead atoms. The van der Waals surface area contributed by atoms with Crippen molar-refractivity contribution in [1.29, 1.82) is 0 Å². The number of allylic oxidation sites excluding steroid dienone is 1. The van der Waals surface area contributed by atoms with Gasteiger partial charge in [-0.25, -0.2) is 0 Å². The third-order valence-corrected chi connectivity index (χ3v) is 44.4. The fourth-order valence-corrected chi connectivity index (χ4v) is 61.8. The van der Waals surface area contributed by atoms with Gasteiger partial charge in [0, 0.05) is 0 Å². The van der Waals surface area contributed by atoms with Gasteiger partial charge in [0.1, 0.15) is 0 Å². The number of hydrogen-bond donors (Lipinski definition) is 0. The topological polar surface area (TPSA) is 0 Å². The first kappa shape index (κ1) is 17.5. The summed E-state index contributed by atoms with van der Waals surface area (Å²) in [6.07, 6.45) is 5.67. The van der Waals surface area contributed by atoms with Gasteiger partial charge in [0.25, 0.3) is 0 Å². The molecule has 4 heteroatoms. The van der Waals surface area contributed by atoms with Gasteiger partial charge in [0.2, 0.25) is 0 Å². The predicted octanol–water partition coefficient (Wildman–Crippen LogP) is 5.22. The summed E-state index contributed by atoms with van der Waals surface area (Å²) in [5, 5.41) is 2.27. The van der Waals surface area contributed by atoms with Crippen molar-refractivity contribution in [3.05, 3.63) is 24.6 Å². The second-order valence-corrected chi connectivity index (χ2v) is 41.8. The van der Waals surface area contributed by atoms with E-state index >= 15 is 0 Å². The maximum atomic E-state index is 2.65. The maximum absolute atomic E-state index is 2.65. The van der Waals surface area contributed by atoms with Crippen LogP contribution in [0.1, 0.15) is 19.3 Å². The molecule has 0 N–H and O–H groups in total. The summed E-state index contributed by atoms with van der Waals surface area (Å²) in [5.74, 6) is 0. The van der Waals surface area contributed by atoms with E-state index < -0.39 is 36.8 Å². The summed E-state index contributed by atoms with van der Waals surface area (Å²) in [5.41, 5.74) is 1.94. The Balaban J connectivity index is 2.55. The molecule has 0 radical (unpaired) electrons. The van der Waals surface area contributed by atoms with E-state index in [0.717, 1.165) is 6.71 Å². The predicted molar refractivity (Wildman–Crippen MR) is 102 cm³/mol. The van der Waals surface area contributed by atoms with Gasteiger partial charge in [-0.15, -0.1) is 0 Å². The fourth-order valence-electron chi connectivity index (χ4n) is 4.20. The van der Waals surface area contributed by atoms with Crippen LogP contribution < -0.4 is 4.78 Å². The molecule has 1 aromatic rings. The molecule has 110 valence electrons. The Labute approximate surface area is 138 Å². The van der Waals surface area contributed by atoms with E-state index in [1.807, 2.05) is 16.8 Å². The Hall–Kier alpha value is 1.10. The van der Waals surface area contributed by atoms with Gasteiger partial charge in [-0.3, -0.25) is 0 Å². The van der Waals surface area contributed by atoms with Gasteiger partial charge < -0.3 is 0 Å². The Bertz CT molecular complexity index is 462. The fraction of sp³-hybridized carbons (Fsp3) is 0.625. The summed E-state index contributed by atoms with van der Waals surface area (Å²) in [7, 11) is 0. The summed E-state index contributed by atoms with van der Waals surface area (Å²) < 4.78 is 3.76. The van der Waals surface area contributed by atoms with Crippen molar-refractivity contribution in [2.45, 2.75) is 55.2 Å². The van der Waals surface area contributed by atoms with Crippen LogP contribution in [0, 0.1) is 0 Å². The molecule has 0 aliphatic carbocycles. The first-order valence-electron chi connectivity index (χ1n) is 7.98. The van der Waals surface area contributed by atoms with Crippen molar-refractivity contribution in [2.75, 3.05) is 0 Å². The molecule has 20 heavy (non-hydrogen) atoms. The van der Waals surface area contributed by atoms with E-state index in [9.17, 15) is 0 Å². The zero-order chi connectivity index (χ0) is 15.0. The summed E-state index contributed by atoms with van der Waals surface area (Å²) in [6.45, 7) is 0.783. The molecule has 0 nitrogen and oxygen atoms in total. The van der Waals surface area contributed by atoms with Crippen molar-refractivity contribution in [3.63, 3.8) is 0 Å². The van der Waals surface area contributed by atoms with Crippen LogP contribution in [0.5, 0.6) is 0 Å². The Kier molecular flexibility index (Phi) is 5.84. The third-order valence-electron chi connectivity index (χ3n) is 4.32. The normalized spacial score (nSPS) is 17.5. The zero-order valence-corrected chi connectivity index (χ0v) is 20.6. The van der Waals surface area contributed by atoms with Crippen LogP contribution in [0.25, 0.3) is 0 Å². The first-order chi connectivity index (χ1) is 9.21. The van der Waals surface area contributed by atoms with E-state index in [2.05, 4.69) is 48.8 Å². The van der Waals surface area contributed by atoms with Crippen LogP contribution in [0.2, 0.25) is 36.0 Å². The Morgan fingerprint density at radius 3 is 2.20 bits per heavy atom. The Morgan fingerprint density at radius 1 is 1.05 bits per heavy atom. The molecule has 0 amide bonds. The van der Waals surface area contributed by atoms with E-state index in [4.69, 9.17) is 0 Å². The molecule has 0 unspecified atom stereocenters. The average Bonchev–Trinajstić information content (AvgIpc) is 2.79. The van der Waals surface area contributed by atoms with E-state index in [1.165, 1.54) is 25.6 Å². The molecule has 1 aliphatic rings. The van der Waals surface area contributed by atoms with Crippen LogP contribution in [0.4, 0.5) is 0 Å². The molecule has 0 saturated carbocycles. The molecule has 1 saturated heterocycles. The number of hydrogen-bond acceptors (Lipinski definition) is 1. The van der Waals surface area contributed by atoms with Gasteiger partial charge >= 0.3 is 139 Å². The first-order valence-corrected chi connectivity index (χ1v) is 28.8. The van der Waals surface area contributed by atoms with Crippen LogP contribution in [-0.2, 0) is 0 Å². The summed E-state index contributed by atoms with van der Waals surface area (Å²) in [6, 6.07) is 4.63. The molecule has 1 aromatic heterocycles. The van der Waals surface area contributed by atoms with Crippen LogP contribution >= 0.6 is 11.3 Å². The van der Waals surface area contributed by atoms with Crippen molar-refractivity contribution >= 4 is 59.6 Å².